The fourth-order valence-electron chi connectivity index (χ4n) is 0.797. The molecule has 0 aliphatic carbocycles. The van der Waals surface area contributed by atoms with E-state index in [1.165, 1.54) is 0 Å². The standard InChI is InChI=1S/C7H12N4O2/c1-5(7(12)13)8-3-6-9-4-11(2)10-6/h4-5,8H,3H2,1-2H3,(H,12,13). The van der Waals surface area contributed by atoms with Crippen LogP contribution in [0.4, 0.5) is 0 Å². The molecule has 1 heterocycles. The van der Waals surface area contributed by atoms with Crippen LogP contribution in [0.25, 0.3) is 0 Å². The van der Waals surface area contributed by atoms with Gasteiger partial charge in [0, 0.05) is 7.05 Å². The van der Waals surface area contributed by atoms with Crippen LogP contribution in [-0.2, 0) is 18.4 Å². The minimum Gasteiger partial charge on any atom is -0.480 e. The third-order valence-corrected chi connectivity index (χ3v) is 1.58. The van der Waals surface area contributed by atoms with Crippen molar-refractivity contribution in [3.05, 3.63) is 12.2 Å². The smallest absolute Gasteiger partial charge is 0.320 e. The SMILES string of the molecule is CC(NCc1ncn(C)n1)C(=O)O. The van der Waals surface area contributed by atoms with Gasteiger partial charge < -0.3 is 5.11 Å². The number of aromatic nitrogens is 3. The van der Waals surface area contributed by atoms with E-state index < -0.39 is 12.0 Å². The van der Waals surface area contributed by atoms with Gasteiger partial charge in [-0.2, -0.15) is 5.10 Å². The van der Waals surface area contributed by atoms with Crippen LogP contribution in [0.2, 0.25) is 0 Å². The number of rotatable bonds is 4. The largest absolute Gasteiger partial charge is 0.480 e. The predicted molar refractivity (Wildman–Crippen MR) is 44.9 cm³/mol. The molecule has 72 valence electrons. The van der Waals surface area contributed by atoms with E-state index in [0.717, 1.165) is 0 Å². The highest BCUT2D eigenvalue weighted by Gasteiger charge is 2.10. The zero-order valence-corrected chi connectivity index (χ0v) is 7.56. The normalized spacial score (nSPS) is 12.8. The lowest BCUT2D eigenvalue weighted by molar-refractivity contribution is -0.139. The number of aryl methyl sites for hydroxylation is 1. The van der Waals surface area contributed by atoms with E-state index in [1.54, 1.807) is 25.0 Å². The van der Waals surface area contributed by atoms with Crippen LogP contribution < -0.4 is 5.32 Å². The summed E-state index contributed by atoms with van der Waals surface area (Å²) in [6.07, 6.45) is 1.57. The fraction of sp³-hybridized carbons (Fsp3) is 0.571. The van der Waals surface area contributed by atoms with Gasteiger partial charge in [0.2, 0.25) is 0 Å². The second-order valence-electron chi connectivity index (χ2n) is 2.78. The Balaban J connectivity index is 2.39. The lowest BCUT2D eigenvalue weighted by atomic mass is 10.3. The molecular formula is C7H12N4O2. The van der Waals surface area contributed by atoms with Crippen molar-refractivity contribution in [3.63, 3.8) is 0 Å². The van der Waals surface area contributed by atoms with Crippen LogP contribution in [0.15, 0.2) is 6.33 Å². The maximum Gasteiger partial charge on any atom is 0.320 e. The molecular weight excluding hydrogens is 172 g/mol. The van der Waals surface area contributed by atoms with Crippen LogP contribution in [-0.4, -0.2) is 31.9 Å². The molecule has 0 fully saturated rings. The molecule has 0 amide bonds. The van der Waals surface area contributed by atoms with E-state index in [9.17, 15) is 4.79 Å². The van der Waals surface area contributed by atoms with Gasteiger partial charge >= 0.3 is 5.97 Å². The second kappa shape index (κ2) is 3.99. The van der Waals surface area contributed by atoms with Crippen molar-refractivity contribution >= 4 is 5.97 Å². The number of carboxylic acids is 1. The molecule has 1 rings (SSSR count). The summed E-state index contributed by atoms with van der Waals surface area (Å²) in [5.41, 5.74) is 0. The summed E-state index contributed by atoms with van der Waals surface area (Å²) in [7, 11) is 1.76. The van der Waals surface area contributed by atoms with Gasteiger partial charge in [-0.25, -0.2) is 4.98 Å². The molecule has 1 unspecified atom stereocenters. The van der Waals surface area contributed by atoms with E-state index >= 15 is 0 Å². The van der Waals surface area contributed by atoms with Crippen molar-refractivity contribution < 1.29 is 9.90 Å². The third kappa shape index (κ3) is 2.83. The van der Waals surface area contributed by atoms with Crippen molar-refractivity contribution in [2.45, 2.75) is 19.5 Å². The van der Waals surface area contributed by atoms with Gasteiger partial charge in [0.1, 0.15) is 12.4 Å². The molecule has 0 bridgehead atoms. The van der Waals surface area contributed by atoms with Gasteiger partial charge in [-0.1, -0.05) is 0 Å². The first-order valence-electron chi connectivity index (χ1n) is 3.90. The fourth-order valence-corrected chi connectivity index (χ4v) is 0.797. The summed E-state index contributed by atoms with van der Waals surface area (Å²) in [4.78, 5) is 14.4. The second-order valence-corrected chi connectivity index (χ2v) is 2.78. The monoisotopic (exact) mass is 184 g/mol. The van der Waals surface area contributed by atoms with E-state index in [1.807, 2.05) is 0 Å². The van der Waals surface area contributed by atoms with E-state index in [2.05, 4.69) is 15.4 Å². The van der Waals surface area contributed by atoms with Crippen molar-refractivity contribution in [1.29, 1.82) is 0 Å². The molecule has 0 saturated carbocycles. The first-order valence-corrected chi connectivity index (χ1v) is 3.90. The zero-order valence-electron chi connectivity index (χ0n) is 7.56. The molecule has 6 heteroatoms. The molecule has 6 nitrogen and oxygen atoms in total. The molecule has 0 saturated heterocycles. The van der Waals surface area contributed by atoms with Crippen LogP contribution in [0, 0.1) is 0 Å². The quantitative estimate of drug-likeness (QED) is 0.651. The van der Waals surface area contributed by atoms with Crippen molar-refractivity contribution in [2.75, 3.05) is 0 Å². The minimum atomic E-state index is -0.879. The van der Waals surface area contributed by atoms with Crippen LogP contribution in [0.1, 0.15) is 12.7 Å². The molecule has 1 aromatic rings. The average molecular weight is 184 g/mol. The Bertz CT molecular complexity index is 296. The summed E-state index contributed by atoms with van der Waals surface area (Å²) in [5, 5.41) is 15.3. The average Bonchev–Trinajstić information content (AvgIpc) is 2.47. The lowest BCUT2D eigenvalue weighted by Crippen LogP contribution is -2.33. The van der Waals surface area contributed by atoms with Gasteiger partial charge in [-0.15, -0.1) is 0 Å². The summed E-state index contributed by atoms with van der Waals surface area (Å²) >= 11 is 0. The molecule has 1 aromatic heterocycles. The van der Waals surface area contributed by atoms with E-state index in [4.69, 9.17) is 5.11 Å². The third-order valence-electron chi connectivity index (χ3n) is 1.58. The minimum absolute atomic E-state index is 0.369. The molecule has 1 atom stereocenters. The lowest BCUT2D eigenvalue weighted by Gasteiger charge is -2.05. The Morgan fingerprint density at radius 2 is 2.54 bits per heavy atom. The molecule has 0 aliphatic rings. The Hall–Kier alpha value is -1.43. The number of hydrogen-bond acceptors (Lipinski definition) is 4. The molecule has 0 aromatic carbocycles. The summed E-state index contributed by atoms with van der Waals surface area (Å²) in [5.74, 6) is -0.286. The summed E-state index contributed by atoms with van der Waals surface area (Å²) in [6.45, 7) is 1.94. The van der Waals surface area contributed by atoms with Crippen LogP contribution in [0.5, 0.6) is 0 Å². The maximum atomic E-state index is 10.4. The number of hydrogen-bond donors (Lipinski definition) is 2. The number of nitrogens with zero attached hydrogens (tertiary/aromatic N) is 3. The van der Waals surface area contributed by atoms with Crippen molar-refractivity contribution in [3.8, 4) is 0 Å². The topological polar surface area (TPSA) is 80.0 Å². The first kappa shape index (κ1) is 9.66. The molecule has 0 radical (unpaired) electrons. The van der Waals surface area contributed by atoms with Crippen molar-refractivity contribution in [1.82, 2.24) is 20.1 Å². The first-order chi connectivity index (χ1) is 6.09. The number of carbonyl (C=O) groups is 1. The van der Waals surface area contributed by atoms with Gasteiger partial charge in [0.15, 0.2) is 5.82 Å². The Morgan fingerprint density at radius 1 is 1.85 bits per heavy atom. The highest BCUT2D eigenvalue weighted by molar-refractivity contribution is 5.72. The number of aliphatic carboxylic acids is 1. The molecule has 0 spiro atoms. The van der Waals surface area contributed by atoms with Gasteiger partial charge in [-0.3, -0.25) is 14.8 Å². The van der Waals surface area contributed by atoms with E-state index in [0.29, 0.717) is 12.4 Å². The summed E-state index contributed by atoms with van der Waals surface area (Å²) < 4.78 is 1.57. The van der Waals surface area contributed by atoms with Gasteiger partial charge in [0.25, 0.3) is 0 Å². The van der Waals surface area contributed by atoms with E-state index in [-0.39, 0.29) is 0 Å². The molecule has 13 heavy (non-hydrogen) atoms. The van der Waals surface area contributed by atoms with Crippen LogP contribution in [0.3, 0.4) is 0 Å². The predicted octanol–water partition coefficient (Wildman–Crippen LogP) is -0.622. The van der Waals surface area contributed by atoms with Crippen LogP contribution >= 0.6 is 0 Å². The Kier molecular flexibility index (Phi) is 2.97. The van der Waals surface area contributed by atoms with Gasteiger partial charge in [-0.05, 0) is 6.92 Å². The number of carboxylic acid groups (broad SMARTS) is 1. The highest BCUT2D eigenvalue weighted by atomic mass is 16.4. The number of nitrogens with one attached hydrogen (secondary N) is 1. The van der Waals surface area contributed by atoms with Gasteiger partial charge in [0.05, 0.1) is 6.54 Å². The maximum absolute atomic E-state index is 10.4. The zero-order chi connectivity index (χ0) is 9.84. The Morgan fingerprint density at radius 3 is 3.00 bits per heavy atom. The summed E-state index contributed by atoms with van der Waals surface area (Å²) in [6, 6.07) is -0.580. The highest BCUT2D eigenvalue weighted by Crippen LogP contribution is 1.89. The Labute approximate surface area is 75.6 Å². The molecule has 0 aliphatic heterocycles. The molecule has 2 N–H and O–H groups in total. The van der Waals surface area contributed by atoms with Crippen molar-refractivity contribution in [2.24, 2.45) is 7.05 Å².